The summed E-state index contributed by atoms with van der Waals surface area (Å²) in [6, 6.07) is 0. The zero-order valence-corrected chi connectivity index (χ0v) is 36.4. The average Bonchev–Trinajstić information content (AvgIpc) is 3.09. The SMILES string of the molecule is CCCCCCCCCCCCCCCCCC(=O)OC[C@@H](OC(=O)CCCCCCCCCCCCCCCCC)OP(=O)([O-])OCC[N+](C)(C)C. The van der Waals surface area contributed by atoms with Crippen LogP contribution >= 0.6 is 7.82 Å². The number of rotatable bonds is 41. The first-order chi connectivity index (χ1) is 25.5. The number of ether oxygens (including phenoxy) is 2. The summed E-state index contributed by atoms with van der Waals surface area (Å²) in [5.41, 5.74) is 0. The molecule has 0 N–H and O–H groups in total. The molecule has 0 heterocycles. The first kappa shape index (κ1) is 52.0. The van der Waals surface area contributed by atoms with E-state index in [2.05, 4.69) is 13.8 Å². The number of carbonyl (C=O) groups excluding carboxylic acids is 2. The van der Waals surface area contributed by atoms with E-state index >= 15 is 0 Å². The van der Waals surface area contributed by atoms with E-state index in [4.69, 9.17) is 18.5 Å². The predicted molar refractivity (Wildman–Crippen MR) is 217 cm³/mol. The zero-order chi connectivity index (χ0) is 39.3. The maximum atomic E-state index is 12.6. The standard InChI is InChI=1S/C43H86NO8P/c1-6-8-10-12-14-16-18-20-22-24-26-28-30-32-34-36-41(45)49-40-43(52-53(47,48)50-39-38-44(3,4)5)51-42(46)37-35-33-31-29-27-25-23-21-19-17-15-13-11-9-7-2/h43H,6-40H2,1-5H3/t43-/m0/s1. The summed E-state index contributed by atoms with van der Waals surface area (Å²) >= 11 is 0. The molecule has 0 spiro atoms. The van der Waals surface area contributed by atoms with Gasteiger partial charge in [-0.25, -0.2) is 0 Å². The summed E-state index contributed by atoms with van der Waals surface area (Å²) < 4.78 is 33.8. The molecule has 0 amide bonds. The van der Waals surface area contributed by atoms with Crippen molar-refractivity contribution in [1.29, 1.82) is 0 Å². The topological polar surface area (TPSA) is 111 Å². The number of phosphoric ester groups is 1. The molecule has 0 bridgehead atoms. The van der Waals surface area contributed by atoms with Gasteiger partial charge in [0.25, 0.3) is 7.82 Å². The van der Waals surface area contributed by atoms with E-state index in [0.29, 0.717) is 23.9 Å². The fourth-order valence-electron chi connectivity index (χ4n) is 6.41. The largest absolute Gasteiger partial charge is 0.756 e. The third-order valence-electron chi connectivity index (χ3n) is 9.87. The van der Waals surface area contributed by atoms with Crippen LogP contribution in [0, 0.1) is 0 Å². The molecule has 10 heteroatoms. The Morgan fingerprint density at radius 1 is 0.528 bits per heavy atom. The molecule has 0 aliphatic carbocycles. The first-order valence-electron chi connectivity index (χ1n) is 22.3. The van der Waals surface area contributed by atoms with Gasteiger partial charge in [-0.15, -0.1) is 0 Å². The Kier molecular flexibility index (Phi) is 36.0. The average molecular weight is 776 g/mol. The maximum absolute atomic E-state index is 12.6. The molecule has 0 rings (SSSR count). The first-order valence-corrected chi connectivity index (χ1v) is 23.7. The van der Waals surface area contributed by atoms with Crippen molar-refractivity contribution in [3.8, 4) is 0 Å². The summed E-state index contributed by atoms with van der Waals surface area (Å²) in [5, 5.41) is 0. The van der Waals surface area contributed by atoms with Gasteiger partial charge in [0.1, 0.15) is 13.2 Å². The van der Waals surface area contributed by atoms with Crippen LogP contribution in [-0.4, -0.2) is 63.6 Å². The minimum Gasteiger partial charge on any atom is -0.756 e. The van der Waals surface area contributed by atoms with Crippen LogP contribution in [0.2, 0.25) is 0 Å². The molecule has 0 saturated heterocycles. The molecular weight excluding hydrogens is 689 g/mol. The van der Waals surface area contributed by atoms with Crippen LogP contribution in [0.4, 0.5) is 0 Å². The van der Waals surface area contributed by atoms with Crippen molar-refractivity contribution in [3.05, 3.63) is 0 Å². The predicted octanol–water partition coefficient (Wildman–Crippen LogP) is 12.1. The highest BCUT2D eigenvalue weighted by Gasteiger charge is 2.24. The number of hydrogen-bond acceptors (Lipinski definition) is 8. The van der Waals surface area contributed by atoms with E-state index in [-0.39, 0.29) is 19.4 Å². The Morgan fingerprint density at radius 3 is 1.19 bits per heavy atom. The minimum absolute atomic E-state index is 0.0803. The molecule has 1 unspecified atom stereocenters. The summed E-state index contributed by atoms with van der Waals surface area (Å²) in [7, 11) is 0.956. The van der Waals surface area contributed by atoms with Crippen molar-refractivity contribution in [1.82, 2.24) is 0 Å². The highest BCUT2D eigenvalue weighted by molar-refractivity contribution is 7.45. The molecule has 53 heavy (non-hydrogen) atoms. The van der Waals surface area contributed by atoms with Crippen molar-refractivity contribution >= 4 is 19.8 Å². The molecule has 0 saturated carbocycles. The highest BCUT2D eigenvalue weighted by Crippen LogP contribution is 2.40. The van der Waals surface area contributed by atoms with Crippen LogP contribution in [0.25, 0.3) is 0 Å². The lowest BCUT2D eigenvalue weighted by Crippen LogP contribution is -2.38. The Balaban J connectivity index is 4.28. The van der Waals surface area contributed by atoms with Crippen molar-refractivity contribution in [2.24, 2.45) is 0 Å². The van der Waals surface area contributed by atoms with Crippen molar-refractivity contribution in [3.63, 3.8) is 0 Å². The van der Waals surface area contributed by atoms with Gasteiger partial charge in [0.2, 0.25) is 6.29 Å². The second-order valence-electron chi connectivity index (χ2n) is 16.4. The fourth-order valence-corrected chi connectivity index (χ4v) is 7.16. The molecule has 0 aromatic carbocycles. The molecule has 0 aromatic rings. The van der Waals surface area contributed by atoms with Gasteiger partial charge in [0, 0.05) is 12.8 Å². The van der Waals surface area contributed by atoms with E-state index in [9.17, 15) is 19.0 Å². The summed E-state index contributed by atoms with van der Waals surface area (Å²) in [5.74, 6) is -1.03. The van der Waals surface area contributed by atoms with E-state index < -0.39 is 32.7 Å². The monoisotopic (exact) mass is 776 g/mol. The molecule has 0 radical (unpaired) electrons. The van der Waals surface area contributed by atoms with Crippen LogP contribution in [0.3, 0.4) is 0 Å². The normalized spacial score (nSPS) is 13.5. The number of nitrogens with zero attached hydrogens (tertiary/aromatic N) is 1. The van der Waals surface area contributed by atoms with Gasteiger partial charge in [-0.2, -0.15) is 0 Å². The number of phosphoric acid groups is 1. The molecule has 0 aromatic heterocycles. The molecule has 0 aliphatic rings. The van der Waals surface area contributed by atoms with Gasteiger partial charge in [0.05, 0.1) is 21.1 Å². The lowest BCUT2D eigenvalue weighted by atomic mass is 10.0. The third-order valence-corrected chi connectivity index (χ3v) is 10.9. The number of hydrogen-bond donors (Lipinski definition) is 0. The smallest absolute Gasteiger partial charge is 0.308 e. The fraction of sp³-hybridized carbons (Fsp3) is 0.953. The van der Waals surface area contributed by atoms with Gasteiger partial charge in [-0.3, -0.25) is 18.7 Å². The van der Waals surface area contributed by atoms with Gasteiger partial charge in [-0.05, 0) is 12.8 Å². The number of likely N-dealkylation sites (N-methyl/N-ethyl adjacent to an activating group) is 1. The number of carbonyl (C=O) groups is 2. The molecule has 0 fully saturated rings. The van der Waals surface area contributed by atoms with Crippen LogP contribution in [0.1, 0.15) is 219 Å². The lowest BCUT2D eigenvalue weighted by molar-refractivity contribution is -0.870. The Hall–Kier alpha value is -0.990. The Morgan fingerprint density at radius 2 is 0.849 bits per heavy atom. The van der Waals surface area contributed by atoms with E-state index in [1.54, 1.807) is 0 Å². The van der Waals surface area contributed by atoms with Crippen LogP contribution < -0.4 is 4.89 Å². The highest BCUT2D eigenvalue weighted by atomic mass is 31.2. The van der Waals surface area contributed by atoms with Crippen molar-refractivity contribution in [2.45, 2.75) is 226 Å². The summed E-state index contributed by atoms with van der Waals surface area (Å²) in [4.78, 5) is 37.6. The molecule has 0 aliphatic heterocycles. The Bertz CT molecular complexity index is 881. The molecular formula is C43H86NO8P. The maximum Gasteiger partial charge on any atom is 0.308 e. The van der Waals surface area contributed by atoms with Gasteiger partial charge >= 0.3 is 11.9 Å². The Labute approximate surface area is 327 Å². The van der Waals surface area contributed by atoms with Crippen LogP contribution in [0.15, 0.2) is 0 Å². The molecule has 2 atom stereocenters. The van der Waals surface area contributed by atoms with E-state index in [1.165, 1.54) is 148 Å². The third kappa shape index (κ3) is 40.5. The van der Waals surface area contributed by atoms with Crippen molar-refractivity contribution < 1.29 is 42.1 Å². The summed E-state index contributed by atoms with van der Waals surface area (Å²) in [6.07, 6.45) is 35.8. The van der Waals surface area contributed by atoms with E-state index in [1.807, 2.05) is 21.1 Å². The van der Waals surface area contributed by atoms with Gasteiger partial charge in [0.15, 0.2) is 6.61 Å². The van der Waals surface area contributed by atoms with Gasteiger partial charge < -0.3 is 23.4 Å². The second-order valence-corrected chi connectivity index (χ2v) is 17.8. The van der Waals surface area contributed by atoms with E-state index in [0.717, 1.165) is 32.1 Å². The number of unbranched alkanes of at least 4 members (excludes halogenated alkanes) is 28. The van der Waals surface area contributed by atoms with Crippen LogP contribution in [0.5, 0.6) is 0 Å². The zero-order valence-electron chi connectivity index (χ0n) is 35.5. The molecule has 316 valence electrons. The quantitative estimate of drug-likeness (QED) is 0.0198. The minimum atomic E-state index is -4.80. The summed E-state index contributed by atoms with van der Waals surface area (Å²) in [6.45, 7) is 4.38. The van der Waals surface area contributed by atoms with Gasteiger partial charge in [-0.1, -0.05) is 194 Å². The van der Waals surface area contributed by atoms with Crippen LogP contribution in [-0.2, 0) is 32.7 Å². The molecule has 9 nitrogen and oxygen atoms in total. The lowest BCUT2D eigenvalue weighted by Gasteiger charge is -2.29. The number of quaternary nitrogens is 1. The van der Waals surface area contributed by atoms with Crippen molar-refractivity contribution in [2.75, 3.05) is 40.9 Å². The number of esters is 2. The second kappa shape index (κ2) is 36.6.